The molecule has 0 amide bonds. The Balaban J connectivity index is 2.04. The van der Waals surface area contributed by atoms with Gasteiger partial charge in [0, 0.05) is 6.04 Å². The van der Waals surface area contributed by atoms with E-state index in [4.69, 9.17) is 0 Å². The van der Waals surface area contributed by atoms with Crippen LogP contribution >= 0.6 is 0 Å². The second kappa shape index (κ2) is 3.86. The zero-order chi connectivity index (χ0) is 11.0. The summed E-state index contributed by atoms with van der Waals surface area (Å²) >= 11 is 0. The van der Waals surface area contributed by atoms with Crippen molar-refractivity contribution in [1.82, 2.24) is 10.6 Å². The molecule has 1 fully saturated rings. The summed E-state index contributed by atoms with van der Waals surface area (Å²) in [5, 5.41) is 6.95. The summed E-state index contributed by atoms with van der Waals surface area (Å²) in [6.07, 6.45) is 3.87. The Labute approximate surface area is 97.4 Å². The lowest BCUT2D eigenvalue weighted by molar-refractivity contribution is 0.286. The van der Waals surface area contributed by atoms with Gasteiger partial charge in [-0.1, -0.05) is 24.3 Å². The van der Waals surface area contributed by atoms with Crippen molar-refractivity contribution < 1.29 is 0 Å². The molecule has 1 spiro atoms. The molecule has 1 aliphatic heterocycles. The van der Waals surface area contributed by atoms with Gasteiger partial charge >= 0.3 is 0 Å². The molecule has 0 aromatic heterocycles. The van der Waals surface area contributed by atoms with Crippen LogP contribution in [-0.2, 0) is 5.41 Å². The molecule has 2 heteroatoms. The van der Waals surface area contributed by atoms with Crippen LogP contribution in [0.3, 0.4) is 0 Å². The van der Waals surface area contributed by atoms with E-state index in [-0.39, 0.29) is 0 Å². The van der Waals surface area contributed by atoms with E-state index in [1.165, 1.54) is 37.9 Å². The Bertz CT molecular complexity index is 380. The van der Waals surface area contributed by atoms with Crippen LogP contribution in [0.15, 0.2) is 24.3 Å². The average Bonchev–Trinajstić information content (AvgIpc) is 2.66. The number of benzene rings is 1. The fourth-order valence-electron chi connectivity index (χ4n) is 3.53. The largest absolute Gasteiger partial charge is 0.317 e. The van der Waals surface area contributed by atoms with E-state index in [0.29, 0.717) is 11.5 Å². The molecule has 0 radical (unpaired) electrons. The van der Waals surface area contributed by atoms with Gasteiger partial charge in [-0.05, 0) is 55.9 Å². The Morgan fingerprint density at radius 2 is 2.00 bits per heavy atom. The summed E-state index contributed by atoms with van der Waals surface area (Å²) < 4.78 is 0. The summed E-state index contributed by atoms with van der Waals surface area (Å²) in [6, 6.07) is 9.57. The van der Waals surface area contributed by atoms with Crippen molar-refractivity contribution in [3.8, 4) is 0 Å². The van der Waals surface area contributed by atoms with E-state index in [1.807, 2.05) is 0 Å². The smallest absolute Gasteiger partial charge is 0.0329 e. The molecule has 1 saturated heterocycles. The van der Waals surface area contributed by atoms with E-state index in [2.05, 4.69) is 41.9 Å². The fraction of sp³-hybridized carbons (Fsp3) is 0.571. The molecule has 0 saturated carbocycles. The van der Waals surface area contributed by atoms with Gasteiger partial charge in [0.05, 0.1) is 0 Å². The standard InChI is InChI=1S/C14H20N2/c1-15-13-10-14(6-8-16-9-7-14)12-5-3-2-4-11(12)13/h2-5,13,15-16H,6-10H2,1H3. The van der Waals surface area contributed by atoms with Gasteiger partial charge in [0.1, 0.15) is 0 Å². The molecular weight excluding hydrogens is 196 g/mol. The van der Waals surface area contributed by atoms with E-state index in [9.17, 15) is 0 Å². The topological polar surface area (TPSA) is 24.1 Å². The maximum Gasteiger partial charge on any atom is 0.0329 e. The molecule has 1 atom stereocenters. The third-order valence-electron chi connectivity index (χ3n) is 4.41. The lowest BCUT2D eigenvalue weighted by Gasteiger charge is -2.35. The zero-order valence-corrected chi connectivity index (χ0v) is 9.92. The lowest BCUT2D eigenvalue weighted by Crippen LogP contribution is -2.38. The minimum atomic E-state index is 0.454. The summed E-state index contributed by atoms with van der Waals surface area (Å²) in [7, 11) is 2.08. The predicted molar refractivity (Wildman–Crippen MR) is 66.6 cm³/mol. The van der Waals surface area contributed by atoms with Gasteiger partial charge in [-0.25, -0.2) is 0 Å². The average molecular weight is 216 g/mol. The highest BCUT2D eigenvalue weighted by Gasteiger charge is 2.43. The first-order valence-electron chi connectivity index (χ1n) is 6.33. The molecule has 2 aliphatic rings. The van der Waals surface area contributed by atoms with Crippen LogP contribution in [0.4, 0.5) is 0 Å². The van der Waals surface area contributed by atoms with Gasteiger partial charge in [-0.15, -0.1) is 0 Å². The van der Waals surface area contributed by atoms with Gasteiger partial charge < -0.3 is 10.6 Å². The minimum absolute atomic E-state index is 0.454. The molecular formula is C14H20N2. The van der Waals surface area contributed by atoms with Gasteiger partial charge in [0.15, 0.2) is 0 Å². The maximum absolute atomic E-state index is 3.48. The highest BCUT2D eigenvalue weighted by Crippen LogP contribution is 2.49. The van der Waals surface area contributed by atoms with Gasteiger partial charge in [-0.2, -0.15) is 0 Å². The Morgan fingerprint density at radius 1 is 1.25 bits per heavy atom. The van der Waals surface area contributed by atoms with Crippen LogP contribution in [0.2, 0.25) is 0 Å². The number of nitrogens with one attached hydrogen (secondary N) is 2. The monoisotopic (exact) mass is 216 g/mol. The van der Waals surface area contributed by atoms with E-state index in [0.717, 1.165) is 0 Å². The highest BCUT2D eigenvalue weighted by atomic mass is 14.9. The van der Waals surface area contributed by atoms with Crippen LogP contribution in [-0.4, -0.2) is 20.1 Å². The first-order chi connectivity index (χ1) is 7.86. The lowest BCUT2D eigenvalue weighted by atomic mass is 9.74. The van der Waals surface area contributed by atoms with Gasteiger partial charge in [0.25, 0.3) is 0 Å². The van der Waals surface area contributed by atoms with Crippen molar-refractivity contribution in [3.63, 3.8) is 0 Å². The normalized spacial score (nSPS) is 26.9. The zero-order valence-electron chi connectivity index (χ0n) is 9.92. The van der Waals surface area contributed by atoms with Crippen molar-refractivity contribution in [1.29, 1.82) is 0 Å². The fourth-order valence-corrected chi connectivity index (χ4v) is 3.53. The SMILES string of the molecule is CNC1CC2(CCNCC2)c2ccccc21. The summed E-state index contributed by atoms with van der Waals surface area (Å²) in [4.78, 5) is 0. The molecule has 86 valence electrons. The second-order valence-electron chi connectivity index (χ2n) is 5.16. The number of rotatable bonds is 1. The van der Waals surface area contributed by atoms with Gasteiger partial charge in [-0.3, -0.25) is 0 Å². The van der Waals surface area contributed by atoms with Gasteiger partial charge in [0.2, 0.25) is 0 Å². The van der Waals surface area contributed by atoms with Crippen molar-refractivity contribution in [2.45, 2.75) is 30.7 Å². The summed E-state index contributed by atoms with van der Waals surface area (Å²) in [5.74, 6) is 0. The third-order valence-corrected chi connectivity index (χ3v) is 4.41. The Kier molecular flexibility index (Phi) is 2.49. The highest BCUT2D eigenvalue weighted by molar-refractivity contribution is 5.42. The molecule has 1 unspecified atom stereocenters. The quantitative estimate of drug-likeness (QED) is 0.750. The molecule has 16 heavy (non-hydrogen) atoms. The third kappa shape index (κ3) is 1.40. The van der Waals surface area contributed by atoms with Crippen LogP contribution < -0.4 is 10.6 Å². The van der Waals surface area contributed by atoms with Crippen LogP contribution in [0.25, 0.3) is 0 Å². The molecule has 1 aromatic carbocycles. The predicted octanol–water partition coefficient (Wildman–Crippen LogP) is 1.97. The van der Waals surface area contributed by atoms with Crippen molar-refractivity contribution in [2.75, 3.05) is 20.1 Å². The molecule has 2 N–H and O–H groups in total. The number of hydrogen-bond acceptors (Lipinski definition) is 2. The van der Waals surface area contributed by atoms with Crippen molar-refractivity contribution >= 4 is 0 Å². The van der Waals surface area contributed by atoms with E-state index in [1.54, 1.807) is 5.56 Å². The number of fused-ring (bicyclic) bond motifs is 2. The molecule has 2 nitrogen and oxygen atoms in total. The molecule has 1 aromatic rings. The van der Waals surface area contributed by atoms with Crippen LogP contribution in [0.5, 0.6) is 0 Å². The van der Waals surface area contributed by atoms with Crippen molar-refractivity contribution in [2.24, 2.45) is 0 Å². The number of hydrogen-bond donors (Lipinski definition) is 2. The molecule has 3 rings (SSSR count). The second-order valence-corrected chi connectivity index (χ2v) is 5.16. The van der Waals surface area contributed by atoms with Crippen LogP contribution in [0.1, 0.15) is 36.4 Å². The minimum Gasteiger partial charge on any atom is -0.317 e. The Hall–Kier alpha value is -0.860. The first kappa shape index (κ1) is 10.3. The first-order valence-corrected chi connectivity index (χ1v) is 6.33. The van der Waals surface area contributed by atoms with Crippen molar-refractivity contribution in [3.05, 3.63) is 35.4 Å². The molecule has 0 bridgehead atoms. The van der Waals surface area contributed by atoms with E-state index < -0.39 is 0 Å². The number of piperidine rings is 1. The Morgan fingerprint density at radius 3 is 2.75 bits per heavy atom. The maximum atomic E-state index is 3.48. The summed E-state index contributed by atoms with van der Waals surface area (Å²) in [5.41, 5.74) is 3.60. The van der Waals surface area contributed by atoms with Crippen LogP contribution in [0, 0.1) is 0 Å². The van der Waals surface area contributed by atoms with E-state index >= 15 is 0 Å². The summed E-state index contributed by atoms with van der Waals surface area (Å²) in [6.45, 7) is 2.34. The molecule has 1 heterocycles. The molecule has 1 aliphatic carbocycles.